The molecule has 0 bridgehead atoms. The molecule has 0 amide bonds. The van der Waals surface area contributed by atoms with Crippen molar-refractivity contribution in [3.05, 3.63) is 41.8 Å². The first-order chi connectivity index (χ1) is 12.7. The summed E-state index contributed by atoms with van der Waals surface area (Å²) in [6, 6.07) is 5.87. The van der Waals surface area contributed by atoms with Crippen LogP contribution in [0.5, 0.6) is 23.4 Å². The lowest BCUT2D eigenvalue weighted by Crippen LogP contribution is -2.11. The van der Waals surface area contributed by atoms with Gasteiger partial charge < -0.3 is 18.9 Å². The highest BCUT2D eigenvalue weighted by Crippen LogP contribution is 2.38. The van der Waals surface area contributed by atoms with Gasteiger partial charge in [-0.25, -0.2) is 9.97 Å². The summed E-state index contributed by atoms with van der Waals surface area (Å²) in [4.78, 5) is 7.91. The second-order valence-electron chi connectivity index (χ2n) is 5.36. The zero-order valence-corrected chi connectivity index (χ0v) is 14.6. The van der Waals surface area contributed by atoms with Gasteiger partial charge in [-0.2, -0.15) is 0 Å². The maximum Gasteiger partial charge on any atom is 0.316 e. The number of halogens is 1. The van der Waals surface area contributed by atoms with Crippen LogP contribution in [0.4, 0.5) is 0 Å². The highest BCUT2D eigenvalue weighted by atomic mass is 35.5. The van der Waals surface area contributed by atoms with Crippen LogP contribution >= 0.6 is 11.6 Å². The van der Waals surface area contributed by atoms with Crippen LogP contribution in [0.1, 0.15) is 0 Å². The quantitative estimate of drug-likeness (QED) is 0.614. The second kappa shape index (κ2) is 7.09. The van der Waals surface area contributed by atoms with Gasteiger partial charge in [0.15, 0.2) is 11.5 Å². The van der Waals surface area contributed by atoms with Crippen LogP contribution in [0, 0.1) is 6.20 Å². The molecule has 1 radical (unpaired) electrons. The maximum absolute atomic E-state index is 5.74. The number of nitrogens with zero attached hydrogens (tertiary/aromatic N) is 4. The first-order valence-electron chi connectivity index (χ1n) is 7.78. The summed E-state index contributed by atoms with van der Waals surface area (Å²) in [5, 5.41) is 4.75. The standard InChI is InChI=1S/C17H14ClN4O4/c1-22-9-13(11-2-3-14-15(6-11)26-10-25-14)16(21-22)23-4-5-24-17-19-7-12(18)8-20-17/h2-3,6-8H,4-5,10H2,1H3. The third kappa shape index (κ3) is 3.50. The minimum Gasteiger partial charge on any atom is -0.473 e. The third-order valence-corrected chi connectivity index (χ3v) is 3.73. The van der Waals surface area contributed by atoms with E-state index in [1.165, 1.54) is 12.4 Å². The number of hydrogen-bond donors (Lipinski definition) is 0. The van der Waals surface area contributed by atoms with Crippen molar-refractivity contribution in [1.29, 1.82) is 0 Å². The fourth-order valence-corrected chi connectivity index (χ4v) is 2.51. The summed E-state index contributed by atoms with van der Waals surface area (Å²) in [7, 11) is 1.78. The maximum atomic E-state index is 5.74. The first kappa shape index (κ1) is 16.5. The Balaban J connectivity index is 1.42. The summed E-state index contributed by atoms with van der Waals surface area (Å²) in [5.74, 6) is 1.86. The molecular formula is C17H14ClN4O4. The predicted octanol–water partition coefficient (Wildman–Crippen LogP) is 2.52. The smallest absolute Gasteiger partial charge is 0.316 e. The van der Waals surface area contributed by atoms with Gasteiger partial charge >= 0.3 is 6.01 Å². The van der Waals surface area contributed by atoms with Crippen LogP contribution in [0.3, 0.4) is 0 Å². The van der Waals surface area contributed by atoms with E-state index in [2.05, 4.69) is 21.3 Å². The van der Waals surface area contributed by atoms with Crippen molar-refractivity contribution in [3.63, 3.8) is 0 Å². The molecule has 9 heteroatoms. The summed E-state index contributed by atoms with van der Waals surface area (Å²) in [6.45, 7) is 0.760. The molecule has 0 aliphatic carbocycles. The topological polar surface area (TPSA) is 80.5 Å². The molecule has 0 unspecified atom stereocenters. The van der Waals surface area contributed by atoms with Crippen molar-refractivity contribution >= 4 is 11.6 Å². The summed E-state index contributed by atoms with van der Waals surface area (Å²) < 4.78 is 23.5. The van der Waals surface area contributed by atoms with E-state index < -0.39 is 0 Å². The normalized spacial score (nSPS) is 12.2. The number of fused-ring (bicyclic) bond motifs is 1. The summed E-state index contributed by atoms with van der Waals surface area (Å²) >= 11 is 5.73. The molecule has 0 atom stereocenters. The van der Waals surface area contributed by atoms with Gasteiger partial charge in [0.2, 0.25) is 12.7 Å². The number of aryl methyl sites for hydroxylation is 1. The van der Waals surface area contributed by atoms with Crippen molar-refractivity contribution in [2.24, 2.45) is 7.05 Å². The molecule has 4 rings (SSSR count). The molecule has 0 saturated carbocycles. The SMILES string of the molecule is Cn1[c]c(-c2ccc3c(c2)OCO3)c(OCCOc2ncc(Cl)cn2)n1. The van der Waals surface area contributed by atoms with E-state index in [1.807, 2.05) is 18.2 Å². The second-order valence-corrected chi connectivity index (χ2v) is 5.80. The zero-order chi connectivity index (χ0) is 17.9. The van der Waals surface area contributed by atoms with Crippen LogP contribution in [0.2, 0.25) is 5.02 Å². The van der Waals surface area contributed by atoms with Crippen molar-refractivity contribution in [3.8, 4) is 34.5 Å². The Morgan fingerprint density at radius 3 is 2.77 bits per heavy atom. The lowest BCUT2D eigenvalue weighted by molar-refractivity contribution is 0.174. The molecule has 26 heavy (non-hydrogen) atoms. The van der Waals surface area contributed by atoms with Crippen LogP contribution in [0.25, 0.3) is 11.1 Å². The zero-order valence-electron chi connectivity index (χ0n) is 13.8. The van der Waals surface area contributed by atoms with Gasteiger partial charge in [-0.05, 0) is 17.7 Å². The molecule has 0 fully saturated rings. The monoisotopic (exact) mass is 373 g/mol. The van der Waals surface area contributed by atoms with E-state index in [1.54, 1.807) is 11.7 Å². The number of ether oxygens (including phenoxy) is 4. The molecule has 1 aliphatic rings. The lowest BCUT2D eigenvalue weighted by atomic mass is 10.1. The van der Waals surface area contributed by atoms with Crippen LogP contribution in [-0.2, 0) is 7.05 Å². The van der Waals surface area contributed by atoms with E-state index in [0.717, 1.165) is 16.9 Å². The van der Waals surface area contributed by atoms with Gasteiger partial charge in [0.05, 0.1) is 29.2 Å². The van der Waals surface area contributed by atoms with Gasteiger partial charge in [0, 0.05) is 7.05 Å². The average Bonchev–Trinajstić information content (AvgIpc) is 3.25. The molecular weight excluding hydrogens is 360 g/mol. The number of hydrogen-bond acceptors (Lipinski definition) is 7. The van der Waals surface area contributed by atoms with Gasteiger partial charge in [-0.3, -0.25) is 4.68 Å². The fraction of sp³-hybridized carbons (Fsp3) is 0.235. The Morgan fingerprint density at radius 1 is 1.15 bits per heavy atom. The highest BCUT2D eigenvalue weighted by molar-refractivity contribution is 6.30. The van der Waals surface area contributed by atoms with Gasteiger partial charge in [-0.15, -0.1) is 5.10 Å². The van der Waals surface area contributed by atoms with Crippen molar-refractivity contribution in [2.75, 3.05) is 20.0 Å². The Labute approximate surface area is 154 Å². The molecule has 1 aliphatic heterocycles. The minimum absolute atomic E-state index is 0.225. The van der Waals surface area contributed by atoms with Crippen LogP contribution in [0.15, 0.2) is 30.6 Å². The van der Waals surface area contributed by atoms with Crippen molar-refractivity contribution in [2.45, 2.75) is 0 Å². The predicted molar refractivity (Wildman–Crippen MR) is 91.6 cm³/mol. The number of rotatable bonds is 6. The molecule has 8 nitrogen and oxygen atoms in total. The molecule has 1 aromatic carbocycles. The van der Waals surface area contributed by atoms with Crippen molar-refractivity contribution in [1.82, 2.24) is 19.7 Å². The van der Waals surface area contributed by atoms with Crippen LogP contribution < -0.4 is 18.9 Å². The van der Waals surface area contributed by atoms with Gasteiger partial charge in [0.25, 0.3) is 0 Å². The van der Waals surface area contributed by atoms with E-state index in [0.29, 0.717) is 16.7 Å². The van der Waals surface area contributed by atoms with E-state index >= 15 is 0 Å². The molecule has 133 valence electrons. The third-order valence-electron chi connectivity index (χ3n) is 3.54. The Kier molecular flexibility index (Phi) is 4.49. The van der Waals surface area contributed by atoms with Gasteiger partial charge in [0.1, 0.15) is 13.2 Å². The Hall–Kier alpha value is -3.00. The minimum atomic E-state index is 0.225. The summed E-state index contributed by atoms with van der Waals surface area (Å²) in [6.07, 6.45) is 6.06. The largest absolute Gasteiger partial charge is 0.473 e. The molecule has 3 aromatic rings. The van der Waals surface area contributed by atoms with Gasteiger partial charge in [-0.1, -0.05) is 17.7 Å². The van der Waals surface area contributed by atoms with E-state index in [9.17, 15) is 0 Å². The molecule has 2 aromatic heterocycles. The Bertz CT molecular complexity index is 914. The molecule has 0 saturated heterocycles. The average molecular weight is 374 g/mol. The van der Waals surface area contributed by atoms with Crippen molar-refractivity contribution < 1.29 is 18.9 Å². The summed E-state index contributed by atoms with van der Waals surface area (Å²) in [5.41, 5.74) is 1.60. The molecule has 0 N–H and O–H groups in total. The first-order valence-corrected chi connectivity index (χ1v) is 8.16. The number of benzene rings is 1. The number of aromatic nitrogens is 4. The van der Waals surface area contributed by atoms with E-state index in [-0.39, 0.29) is 26.0 Å². The lowest BCUT2D eigenvalue weighted by Gasteiger charge is -2.07. The highest BCUT2D eigenvalue weighted by Gasteiger charge is 2.18. The molecule has 0 spiro atoms. The van der Waals surface area contributed by atoms with Crippen LogP contribution in [-0.4, -0.2) is 39.8 Å². The van der Waals surface area contributed by atoms with E-state index in [4.69, 9.17) is 30.5 Å². The molecule has 3 heterocycles. The fourth-order valence-electron chi connectivity index (χ4n) is 2.41. The Morgan fingerprint density at radius 2 is 1.92 bits per heavy atom.